The summed E-state index contributed by atoms with van der Waals surface area (Å²) in [5, 5.41) is 11.0. The monoisotopic (exact) mass is 300 g/mol. The minimum absolute atomic E-state index is 0.221. The number of methoxy groups -OCH3 is 2. The van der Waals surface area contributed by atoms with Crippen LogP contribution in [0.5, 0.6) is 0 Å². The van der Waals surface area contributed by atoms with Gasteiger partial charge in [-0.15, -0.1) is 0 Å². The van der Waals surface area contributed by atoms with E-state index in [0.29, 0.717) is 0 Å². The summed E-state index contributed by atoms with van der Waals surface area (Å²) < 4.78 is 47.5. The number of nitro benzene ring substituents is 1. The number of non-ortho nitro benzene ring substituents is 1. The van der Waals surface area contributed by atoms with Crippen molar-refractivity contribution >= 4 is 17.6 Å². The average molecular weight is 300 g/mol. The second kappa shape index (κ2) is 7.37. The molecule has 0 fully saturated rings. The zero-order valence-electron chi connectivity index (χ0n) is 16.4. The fourth-order valence-electron chi connectivity index (χ4n) is 1.81. The Kier molecular flexibility index (Phi) is 3.62. The Labute approximate surface area is 129 Å². The van der Waals surface area contributed by atoms with Gasteiger partial charge in [-0.05, 0) is 11.9 Å². The van der Waals surface area contributed by atoms with Crippen molar-refractivity contribution in [3.05, 3.63) is 39.9 Å². The highest BCUT2D eigenvalue weighted by atomic mass is 16.6. The van der Waals surface area contributed by atoms with Crippen molar-refractivity contribution in [2.75, 3.05) is 14.2 Å². The number of rotatable bonds is 6. The highest BCUT2D eigenvalue weighted by Gasteiger charge is 2.37. The molecule has 0 heterocycles. The molecule has 0 saturated heterocycles. The second-order valence-electron chi connectivity index (χ2n) is 4.00. The first-order valence-corrected chi connectivity index (χ1v) is 5.78. The van der Waals surface area contributed by atoms with Crippen LogP contribution >= 0.6 is 0 Å². The molecule has 0 spiro atoms. The number of hydrogen-bond donors (Lipinski definition) is 0. The summed E-state index contributed by atoms with van der Waals surface area (Å²) in [6.07, 6.45) is -3.10. The quantitative estimate of drug-likeness (QED) is 0.345. The van der Waals surface area contributed by atoms with E-state index in [4.69, 9.17) is 6.85 Å². The number of esters is 2. The summed E-state index contributed by atoms with van der Waals surface area (Å²) in [5.41, 5.74) is -0.677. The number of hydrogen-bond acceptors (Lipinski definition) is 6. The highest BCUT2D eigenvalue weighted by Crippen LogP contribution is 2.31. The first kappa shape index (κ1) is 10.3. The molecule has 0 aliphatic rings. The van der Waals surface area contributed by atoms with Crippen LogP contribution in [0.15, 0.2) is 24.3 Å². The minimum Gasteiger partial charge on any atom is -0.468 e. The number of nitro groups is 1. The molecule has 1 aromatic carbocycles. The van der Waals surface area contributed by atoms with E-state index in [2.05, 4.69) is 9.47 Å². The number of ether oxygens (including phenoxy) is 2. The van der Waals surface area contributed by atoms with E-state index >= 15 is 0 Å². The van der Waals surface area contributed by atoms with Crippen LogP contribution in [0.1, 0.15) is 31.6 Å². The molecule has 0 amide bonds. The number of carbonyl (C=O) groups is 2. The molecule has 7 heteroatoms. The van der Waals surface area contributed by atoms with Crippen LogP contribution in [0.3, 0.4) is 0 Å². The Morgan fingerprint density at radius 2 is 2.00 bits per heavy atom. The molecule has 0 aliphatic heterocycles. The Balaban J connectivity index is 3.72. The predicted molar refractivity (Wildman–Crippen MR) is 73.7 cm³/mol. The van der Waals surface area contributed by atoms with Gasteiger partial charge in [0.1, 0.15) is 0 Å². The lowest BCUT2D eigenvalue weighted by molar-refractivity contribution is -0.384. The van der Waals surface area contributed by atoms with Crippen molar-refractivity contribution in [1.29, 1.82) is 0 Å². The summed E-state index contributed by atoms with van der Waals surface area (Å²) in [4.78, 5) is 34.4. The van der Waals surface area contributed by atoms with Crippen molar-refractivity contribution in [3.8, 4) is 0 Å². The molecule has 0 bridgehead atoms. The SMILES string of the molecule is [2H]C([2H])([2H])C([2H])([2H])C(c1cccc([N+](=O)[O-])c1)C(C(=O)OC)C(=O)OC. The lowest BCUT2D eigenvalue weighted by atomic mass is 9.83. The lowest BCUT2D eigenvalue weighted by Gasteiger charge is -2.22. The molecule has 114 valence electrons. The standard InChI is InChI=1S/C14H17NO6/c1-4-11(12(13(16)20-2)14(17)21-3)9-6-5-7-10(8-9)15(18)19/h5-8,11-12H,4H2,1-3H3/i1D3,4D2. The second-order valence-corrected chi connectivity index (χ2v) is 4.00. The molecule has 1 unspecified atom stereocenters. The molecule has 0 radical (unpaired) electrons. The molecule has 1 atom stereocenters. The zero-order chi connectivity index (χ0) is 20.3. The van der Waals surface area contributed by atoms with Crippen molar-refractivity contribution in [2.45, 2.75) is 19.1 Å². The van der Waals surface area contributed by atoms with Gasteiger partial charge in [-0.3, -0.25) is 19.7 Å². The first-order valence-electron chi connectivity index (χ1n) is 8.28. The Bertz CT molecular complexity index is 689. The van der Waals surface area contributed by atoms with Crippen LogP contribution in [0.4, 0.5) is 5.69 Å². The summed E-state index contributed by atoms with van der Waals surface area (Å²) in [7, 11) is 1.88. The summed E-state index contributed by atoms with van der Waals surface area (Å²) >= 11 is 0. The molecule has 0 N–H and O–H groups in total. The third kappa shape index (κ3) is 3.77. The van der Waals surface area contributed by atoms with Gasteiger partial charge in [0.25, 0.3) is 5.69 Å². The average Bonchev–Trinajstić information content (AvgIpc) is 2.57. The molecule has 1 aromatic rings. The van der Waals surface area contributed by atoms with Crippen LogP contribution in [0, 0.1) is 16.0 Å². The molecule has 21 heavy (non-hydrogen) atoms. The van der Waals surface area contributed by atoms with Crippen LogP contribution in [0.2, 0.25) is 0 Å². The maximum atomic E-state index is 12.1. The number of benzene rings is 1. The van der Waals surface area contributed by atoms with Crippen LogP contribution < -0.4 is 0 Å². The number of nitrogens with zero attached hydrogens (tertiary/aromatic N) is 1. The van der Waals surface area contributed by atoms with Crippen LogP contribution in [-0.4, -0.2) is 31.1 Å². The molecule has 7 nitrogen and oxygen atoms in total. The third-order valence-corrected chi connectivity index (χ3v) is 2.84. The van der Waals surface area contributed by atoms with Crippen LogP contribution in [0.25, 0.3) is 0 Å². The summed E-state index contributed by atoms with van der Waals surface area (Å²) in [6.45, 7) is -3.25. The molecular formula is C14H17NO6. The van der Waals surface area contributed by atoms with Gasteiger partial charge in [0.15, 0.2) is 5.92 Å². The van der Waals surface area contributed by atoms with Gasteiger partial charge < -0.3 is 9.47 Å². The number of carbonyl (C=O) groups excluding carboxylic acids is 2. The maximum absolute atomic E-state index is 12.1. The minimum atomic E-state index is -3.25. The van der Waals surface area contributed by atoms with E-state index in [9.17, 15) is 19.7 Å². The Morgan fingerprint density at radius 1 is 1.38 bits per heavy atom. The fourth-order valence-corrected chi connectivity index (χ4v) is 1.81. The van der Waals surface area contributed by atoms with Gasteiger partial charge >= 0.3 is 11.9 Å². The van der Waals surface area contributed by atoms with Crippen molar-refractivity contribution in [1.82, 2.24) is 0 Å². The molecule has 0 aliphatic carbocycles. The maximum Gasteiger partial charge on any atom is 0.320 e. The van der Waals surface area contributed by atoms with E-state index < -0.39 is 47.6 Å². The van der Waals surface area contributed by atoms with E-state index in [0.717, 1.165) is 26.4 Å². The lowest BCUT2D eigenvalue weighted by Crippen LogP contribution is -2.32. The predicted octanol–water partition coefficient (Wildman–Crippen LogP) is 2.05. The van der Waals surface area contributed by atoms with Gasteiger partial charge in [0, 0.05) is 24.9 Å². The van der Waals surface area contributed by atoms with Gasteiger partial charge in [0.05, 0.1) is 19.1 Å². The van der Waals surface area contributed by atoms with Crippen molar-refractivity contribution < 1.29 is 30.8 Å². The molecular weight excluding hydrogens is 278 g/mol. The molecule has 0 saturated carbocycles. The normalized spacial score (nSPS) is 16.6. The Hall–Kier alpha value is -2.44. The smallest absolute Gasteiger partial charge is 0.320 e. The zero-order valence-corrected chi connectivity index (χ0v) is 11.4. The van der Waals surface area contributed by atoms with Crippen molar-refractivity contribution in [3.63, 3.8) is 0 Å². The first-order chi connectivity index (χ1) is 11.9. The Morgan fingerprint density at radius 3 is 2.48 bits per heavy atom. The summed E-state index contributed by atoms with van der Waals surface area (Å²) in [5.74, 6) is -6.32. The highest BCUT2D eigenvalue weighted by molar-refractivity contribution is 5.96. The van der Waals surface area contributed by atoms with Crippen LogP contribution in [-0.2, 0) is 19.1 Å². The van der Waals surface area contributed by atoms with Gasteiger partial charge in [-0.2, -0.15) is 0 Å². The van der Waals surface area contributed by atoms with Gasteiger partial charge in [-0.1, -0.05) is 19.0 Å². The fraction of sp³-hybridized carbons (Fsp3) is 0.429. The van der Waals surface area contributed by atoms with E-state index in [1.807, 2.05) is 0 Å². The largest absolute Gasteiger partial charge is 0.468 e. The molecule has 1 rings (SSSR count). The summed E-state index contributed by atoms with van der Waals surface area (Å²) in [6, 6.07) is 4.41. The van der Waals surface area contributed by atoms with E-state index in [1.54, 1.807) is 0 Å². The third-order valence-electron chi connectivity index (χ3n) is 2.84. The van der Waals surface area contributed by atoms with Crippen molar-refractivity contribution in [2.24, 2.45) is 5.92 Å². The van der Waals surface area contributed by atoms with E-state index in [-0.39, 0.29) is 5.56 Å². The topological polar surface area (TPSA) is 95.7 Å². The van der Waals surface area contributed by atoms with Gasteiger partial charge in [-0.25, -0.2) is 0 Å². The van der Waals surface area contributed by atoms with E-state index in [1.165, 1.54) is 12.1 Å². The van der Waals surface area contributed by atoms with Gasteiger partial charge in [0.2, 0.25) is 0 Å². The molecule has 0 aromatic heterocycles.